The zero-order valence-electron chi connectivity index (χ0n) is 11.8. The maximum Gasteiger partial charge on any atom is 0.416 e. The monoisotopic (exact) mass is 321 g/mol. The molecule has 8 heteroatoms. The second-order valence-electron chi connectivity index (χ2n) is 4.74. The molecule has 1 N–H and O–H groups in total. The van der Waals surface area contributed by atoms with Gasteiger partial charge in [-0.25, -0.2) is 5.10 Å². The number of hydrogen-bond acceptors (Lipinski definition) is 4. The molecule has 3 rings (SSSR count). The first-order chi connectivity index (χ1) is 10.9. The fourth-order valence-electron chi connectivity index (χ4n) is 2.28. The van der Waals surface area contributed by atoms with Gasteiger partial charge in [0.05, 0.1) is 18.1 Å². The quantitative estimate of drug-likeness (QED) is 0.788. The number of aromatic amines is 1. The van der Waals surface area contributed by atoms with Crippen LogP contribution in [-0.4, -0.2) is 22.3 Å². The number of H-pyrrole nitrogens is 1. The SMILES string of the molecule is COc1cc(C(F)(F)F)ccc1-c1n[nH]c(=O)c2cnccc12. The van der Waals surface area contributed by atoms with Gasteiger partial charge in [-0.05, 0) is 24.3 Å². The predicted octanol–water partition coefficient (Wildman–Crippen LogP) is 3.01. The normalized spacial score (nSPS) is 11.7. The van der Waals surface area contributed by atoms with Crippen molar-refractivity contribution in [2.24, 2.45) is 0 Å². The summed E-state index contributed by atoms with van der Waals surface area (Å²) in [5.74, 6) is 0.0116. The number of ether oxygens (including phenoxy) is 1. The Morgan fingerprint density at radius 3 is 2.65 bits per heavy atom. The van der Waals surface area contributed by atoms with Crippen molar-refractivity contribution in [2.45, 2.75) is 6.18 Å². The molecule has 0 saturated heterocycles. The van der Waals surface area contributed by atoms with Crippen molar-refractivity contribution in [3.63, 3.8) is 0 Å². The first-order valence-corrected chi connectivity index (χ1v) is 6.50. The van der Waals surface area contributed by atoms with E-state index in [9.17, 15) is 18.0 Å². The Bertz CT molecular complexity index is 935. The predicted molar refractivity (Wildman–Crippen MR) is 77.1 cm³/mol. The number of hydrogen-bond donors (Lipinski definition) is 1. The molecular weight excluding hydrogens is 311 g/mol. The Labute approximate surface area is 127 Å². The maximum atomic E-state index is 12.8. The highest BCUT2D eigenvalue weighted by Gasteiger charge is 2.31. The highest BCUT2D eigenvalue weighted by molar-refractivity contribution is 5.94. The minimum Gasteiger partial charge on any atom is -0.496 e. The number of pyridine rings is 1. The van der Waals surface area contributed by atoms with Crippen LogP contribution in [0.3, 0.4) is 0 Å². The minimum absolute atomic E-state index is 0.0116. The molecule has 0 radical (unpaired) electrons. The molecule has 0 aliphatic rings. The Hall–Kier alpha value is -2.90. The third kappa shape index (κ3) is 2.63. The molecule has 0 amide bonds. The van der Waals surface area contributed by atoms with E-state index in [-0.39, 0.29) is 5.75 Å². The van der Waals surface area contributed by atoms with Crippen LogP contribution in [0.2, 0.25) is 0 Å². The van der Waals surface area contributed by atoms with Crippen LogP contribution in [0.25, 0.3) is 22.0 Å². The van der Waals surface area contributed by atoms with Gasteiger partial charge in [0.1, 0.15) is 11.4 Å². The van der Waals surface area contributed by atoms with Crippen LogP contribution in [0.5, 0.6) is 5.75 Å². The Balaban J connectivity index is 2.28. The molecule has 0 spiro atoms. The van der Waals surface area contributed by atoms with E-state index in [1.165, 1.54) is 25.6 Å². The van der Waals surface area contributed by atoms with Crippen LogP contribution in [0.1, 0.15) is 5.56 Å². The number of rotatable bonds is 2. The van der Waals surface area contributed by atoms with Crippen LogP contribution in [0.4, 0.5) is 13.2 Å². The lowest BCUT2D eigenvalue weighted by atomic mass is 10.0. The van der Waals surface area contributed by atoms with Crippen molar-refractivity contribution in [3.8, 4) is 17.0 Å². The van der Waals surface area contributed by atoms with Gasteiger partial charge in [0.2, 0.25) is 0 Å². The summed E-state index contributed by atoms with van der Waals surface area (Å²) in [7, 11) is 1.27. The van der Waals surface area contributed by atoms with Crippen LogP contribution in [0, 0.1) is 0 Å². The second-order valence-corrected chi connectivity index (χ2v) is 4.74. The van der Waals surface area contributed by atoms with Crippen LogP contribution in [-0.2, 0) is 6.18 Å². The van der Waals surface area contributed by atoms with E-state index in [2.05, 4.69) is 15.2 Å². The number of alkyl halides is 3. The summed E-state index contributed by atoms with van der Waals surface area (Å²) in [5, 5.41) is 7.03. The van der Waals surface area contributed by atoms with Crippen molar-refractivity contribution in [1.29, 1.82) is 0 Å². The summed E-state index contributed by atoms with van der Waals surface area (Å²) in [5.41, 5.74) is -0.600. The van der Waals surface area contributed by atoms with Crippen LogP contribution < -0.4 is 10.3 Å². The fraction of sp³-hybridized carbons (Fsp3) is 0.133. The molecule has 0 aliphatic carbocycles. The van der Waals surface area contributed by atoms with E-state index >= 15 is 0 Å². The summed E-state index contributed by atoms with van der Waals surface area (Å²) >= 11 is 0. The first kappa shape index (κ1) is 15.0. The number of nitrogens with one attached hydrogen (secondary N) is 1. The number of methoxy groups -OCH3 is 1. The number of aromatic nitrogens is 3. The third-order valence-electron chi connectivity index (χ3n) is 3.37. The lowest BCUT2D eigenvalue weighted by molar-refractivity contribution is -0.137. The topological polar surface area (TPSA) is 67.9 Å². The molecule has 0 fully saturated rings. The first-order valence-electron chi connectivity index (χ1n) is 6.50. The van der Waals surface area contributed by atoms with Crippen molar-refractivity contribution in [2.75, 3.05) is 7.11 Å². The van der Waals surface area contributed by atoms with Crippen LogP contribution in [0.15, 0.2) is 41.5 Å². The maximum absolute atomic E-state index is 12.8. The number of benzene rings is 1. The largest absolute Gasteiger partial charge is 0.496 e. The average Bonchev–Trinajstić information content (AvgIpc) is 2.54. The molecule has 5 nitrogen and oxygen atoms in total. The molecule has 0 saturated carbocycles. The van der Waals surface area contributed by atoms with E-state index in [0.717, 1.165) is 12.1 Å². The van der Waals surface area contributed by atoms with E-state index in [4.69, 9.17) is 4.74 Å². The van der Waals surface area contributed by atoms with Crippen molar-refractivity contribution < 1.29 is 17.9 Å². The standard InChI is InChI=1S/C15H10F3N3O2/c1-23-12-6-8(15(16,17)18)2-3-10(12)13-9-4-5-19-7-11(9)14(22)21-20-13/h2-7H,1H3,(H,21,22). The molecule has 23 heavy (non-hydrogen) atoms. The summed E-state index contributed by atoms with van der Waals surface area (Å²) in [4.78, 5) is 15.6. The molecule has 118 valence electrons. The smallest absolute Gasteiger partial charge is 0.416 e. The highest BCUT2D eigenvalue weighted by Crippen LogP contribution is 2.37. The number of fused-ring (bicyclic) bond motifs is 1. The third-order valence-corrected chi connectivity index (χ3v) is 3.37. The van der Waals surface area contributed by atoms with Gasteiger partial charge in [-0.15, -0.1) is 0 Å². The van der Waals surface area contributed by atoms with Gasteiger partial charge in [-0.1, -0.05) is 0 Å². The highest BCUT2D eigenvalue weighted by atomic mass is 19.4. The Morgan fingerprint density at radius 2 is 1.96 bits per heavy atom. The molecule has 0 atom stereocenters. The van der Waals surface area contributed by atoms with Gasteiger partial charge in [0.15, 0.2) is 0 Å². The Morgan fingerprint density at radius 1 is 1.17 bits per heavy atom. The van der Waals surface area contributed by atoms with Gasteiger partial charge in [-0.3, -0.25) is 9.78 Å². The number of nitrogens with zero attached hydrogens (tertiary/aromatic N) is 2. The molecule has 0 aliphatic heterocycles. The van der Waals surface area contributed by atoms with E-state index in [1.807, 2.05) is 0 Å². The zero-order valence-corrected chi connectivity index (χ0v) is 11.8. The van der Waals surface area contributed by atoms with Crippen LogP contribution >= 0.6 is 0 Å². The van der Waals surface area contributed by atoms with Gasteiger partial charge in [-0.2, -0.15) is 18.3 Å². The number of halogens is 3. The van der Waals surface area contributed by atoms with Gasteiger partial charge in [0, 0.05) is 23.3 Å². The zero-order chi connectivity index (χ0) is 16.6. The molecule has 0 unspecified atom stereocenters. The summed E-state index contributed by atoms with van der Waals surface area (Å²) in [6.45, 7) is 0. The van der Waals surface area contributed by atoms with Gasteiger partial charge >= 0.3 is 6.18 Å². The molecular formula is C15H10F3N3O2. The summed E-state index contributed by atoms with van der Waals surface area (Å²) < 4.78 is 43.5. The van der Waals surface area contributed by atoms with Gasteiger partial charge in [0.25, 0.3) is 5.56 Å². The molecule has 2 aromatic heterocycles. The summed E-state index contributed by atoms with van der Waals surface area (Å²) in [6, 6.07) is 4.68. The fourth-order valence-corrected chi connectivity index (χ4v) is 2.28. The molecule has 0 bridgehead atoms. The molecule has 2 heterocycles. The van der Waals surface area contributed by atoms with E-state index in [1.54, 1.807) is 6.07 Å². The molecule has 1 aromatic carbocycles. The second kappa shape index (κ2) is 5.38. The lowest BCUT2D eigenvalue weighted by Crippen LogP contribution is -2.10. The van der Waals surface area contributed by atoms with E-state index < -0.39 is 17.3 Å². The Kier molecular flexibility index (Phi) is 3.51. The van der Waals surface area contributed by atoms with Crippen molar-refractivity contribution in [1.82, 2.24) is 15.2 Å². The van der Waals surface area contributed by atoms with E-state index in [0.29, 0.717) is 22.0 Å². The van der Waals surface area contributed by atoms with Crippen molar-refractivity contribution in [3.05, 3.63) is 52.6 Å². The lowest BCUT2D eigenvalue weighted by Gasteiger charge is -2.13. The van der Waals surface area contributed by atoms with Gasteiger partial charge < -0.3 is 4.74 Å². The summed E-state index contributed by atoms with van der Waals surface area (Å²) in [6.07, 6.45) is -1.63. The molecule has 3 aromatic rings. The average molecular weight is 321 g/mol. The van der Waals surface area contributed by atoms with Crippen molar-refractivity contribution >= 4 is 10.8 Å². The minimum atomic E-state index is -4.48.